The van der Waals surface area contributed by atoms with Gasteiger partial charge in [0.15, 0.2) is 0 Å². The second-order valence-electron chi connectivity index (χ2n) is 5.41. The molecule has 0 aliphatic carbocycles. The molecule has 1 atom stereocenters. The molecule has 3 rings (SSSR count). The van der Waals surface area contributed by atoms with E-state index < -0.39 is 16.1 Å². The number of aromatic nitrogens is 3. The number of hydrogen-bond donors (Lipinski definition) is 1. The third-order valence-electron chi connectivity index (χ3n) is 3.68. The molecular formula is C17H15N5O2S. The Kier molecular flexibility index (Phi) is 4.61. The minimum absolute atomic E-state index is 0.0673. The van der Waals surface area contributed by atoms with Gasteiger partial charge in [-0.25, -0.2) is 22.8 Å². The van der Waals surface area contributed by atoms with Crippen molar-refractivity contribution in [3.63, 3.8) is 0 Å². The molecule has 0 amide bonds. The van der Waals surface area contributed by atoms with Crippen LogP contribution >= 0.6 is 0 Å². The molecule has 0 radical (unpaired) electrons. The molecule has 3 aromatic rings. The van der Waals surface area contributed by atoms with E-state index in [2.05, 4.69) is 14.8 Å². The van der Waals surface area contributed by atoms with Crippen molar-refractivity contribution in [3.8, 4) is 11.8 Å². The first-order chi connectivity index (χ1) is 12.0. The van der Waals surface area contributed by atoms with Crippen LogP contribution in [-0.4, -0.2) is 23.2 Å². The van der Waals surface area contributed by atoms with Gasteiger partial charge in [-0.1, -0.05) is 18.2 Å². The molecule has 1 aromatic heterocycles. The van der Waals surface area contributed by atoms with E-state index in [0.29, 0.717) is 5.56 Å². The highest BCUT2D eigenvalue weighted by Gasteiger charge is 2.18. The van der Waals surface area contributed by atoms with Gasteiger partial charge in [0.05, 0.1) is 22.2 Å². The molecular weight excluding hydrogens is 338 g/mol. The third-order valence-corrected chi connectivity index (χ3v) is 5.22. The van der Waals surface area contributed by atoms with Crippen LogP contribution in [0.3, 0.4) is 0 Å². The van der Waals surface area contributed by atoms with Crippen molar-refractivity contribution in [1.29, 1.82) is 5.26 Å². The molecule has 0 spiro atoms. The Morgan fingerprint density at radius 1 is 1.20 bits per heavy atom. The fraction of sp³-hybridized carbons (Fsp3) is 0.118. The van der Waals surface area contributed by atoms with Gasteiger partial charge >= 0.3 is 0 Å². The number of rotatable bonds is 5. The Labute approximate surface area is 145 Å². The normalized spacial score (nSPS) is 12.5. The second kappa shape index (κ2) is 6.84. The highest BCUT2D eigenvalue weighted by atomic mass is 32.2. The molecule has 0 saturated carbocycles. The van der Waals surface area contributed by atoms with Crippen molar-refractivity contribution in [2.24, 2.45) is 0 Å². The molecule has 2 aromatic carbocycles. The Hall–Kier alpha value is -3.02. The Bertz CT molecular complexity index is 1010. The fourth-order valence-electron chi connectivity index (χ4n) is 2.36. The maximum absolute atomic E-state index is 12.5. The van der Waals surface area contributed by atoms with E-state index in [1.165, 1.54) is 18.5 Å². The summed E-state index contributed by atoms with van der Waals surface area (Å²) < 4.78 is 29.2. The number of nitrogens with one attached hydrogen (secondary N) is 1. The van der Waals surface area contributed by atoms with Crippen LogP contribution < -0.4 is 4.72 Å². The van der Waals surface area contributed by atoms with Gasteiger partial charge < -0.3 is 0 Å². The zero-order chi connectivity index (χ0) is 17.9. The van der Waals surface area contributed by atoms with Crippen LogP contribution in [0.5, 0.6) is 0 Å². The first-order valence-electron chi connectivity index (χ1n) is 7.47. The molecule has 8 heteroatoms. The third kappa shape index (κ3) is 3.74. The maximum Gasteiger partial charge on any atom is 0.241 e. The molecule has 0 aliphatic rings. The summed E-state index contributed by atoms with van der Waals surface area (Å²) in [7, 11) is -3.72. The summed E-state index contributed by atoms with van der Waals surface area (Å²) in [6.45, 7) is 1.76. The lowest BCUT2D eigenvalue weighted by Gasteiger charge is -2.15. The van der Waals surface area contributed by atoms with Gasteiger partial charge in [0, 0.05) is 6.04 Å². The van der Waals surface area contributed by atoms with Gasteiger partial charge in [0.25, 0.3) is 0 Å². The van der Waals surface area contributed by atoms with E-state index in [9.17, 15) is 8.42 Å². The first kappa shape index (κ1) is 16.8. The van der Waals surface area contributed by atoms with E-state index >= 15 is 0 Å². The summed E-state index contributed by atoms with van der Waals surface area (Å²) in [5.74, 6) is 0. The van der Waals surface area contributed by atoms with Crippen LogP contribution in [-0.2, 0) is 10.0 Å². The average molecular weight is 353 g/mol. The van der Waals surface area contributed by atoms with Gasteiger partial charge in [-0.2, -0.15) is 10.4 Å². The van der Waals surface area contributed by atoms with Crippen molar-refractivity contribution >= 4 is 10.0 Å². The van der Waals surface area contributed by atoms with Crippen LogP contribution in [0.25, 0.3) is 5.69 Å². The monoisotopic (exact) mass is 353 g/mol. The molecule has 1 unspecified atom stereocenters. The lowest BCUT2D eigenvalue weighted by atomic mass is 10.1. The second-order valence-corrected chi connectivity index (χ2v) is 7.13. The van der Waals surface area contributed by atoms with E-state index in [0.717, 1.165) is 11.3 Å². The highest BCUT2D eigenvalue weighted by Crippen LogP contribution is 2.19. The quantitative estimate of drug-likeness (QED) is 0.757. The molecule has 25 heavy (non-hydrogen) atoms. The van der Waals surface area contributed by atoms with Crippen LogP contribution in [0.2, 0.25) is 0 Å². The molecule has 7 nitrogen and oxygen atoms in total. The number of nitrogens with zero attached hydrogens (tertiary/aromatic N) is 4. The van der Waals surface area contributed by atoms with Crippen molar-refractivity contribution in [3.05, 3.63) is 72.3 Å². The minimum atomic E-state index is -3.72. The Morgan fingerprint density at radius 2 is 1.96 bits per heavy atom. The zero-order valence-corrected chi connectivity index (χ0v) is 14.2. The van der Waals surface area contributed by atoms with Gasteiger partial charge in [-0.3, -0.25) is 0 Å². The molecule has 0 saturated heterocycles. The predicted octanol–water partition coefficient (Wildman–Crippen LogP) is 2.18. The van der Waals surface area contributed by atoms with E-state index in [1.54, 1.807) is 30.1 Å². The van der Waals surface area contributed by atoms with Gasteiger partial charge in [-0.15, -0.1) is 0 Å². The van der Waals surface area contributed by atoms with Gasteiger partial charge in [-0.05, 0) is 42.8 Å². The van der Waals surface area contributed by atoms with Crippen LogP contribution in [0, 0.1) is 11.3 Å². The number of nitriles is 1. The Balaban J connectivity index is 1.79. The highest BCUT2D eigenvalue weighted by molar-refractivity contribution is 7.89. The summed E-state index contributed by atoms with van der Waals surface area (Å²) in [6, 6.07) is 14.8. The summed E-state index contributed by atoms with van der Waals surface area (Å²) in [5.41, 5.74) is 1.94. The Morgan fingerprint density at radius 3 is 2.60 bits per heavy atom. The molecule has 0 aliphatic heterocycles. The number of hydrogen-bond acceptors (Lipinski definition) is 5. The van der Waals surface area contributed by atoms with E-state index in [1.807, 2.05) is 30.3 Å². The molecule has 1 heterocycles. The fourth-order valence-corrected chi connectivity index (χ4v) is 3.64. The largest absolute Gasteiger partial charge is 0.241 e. The summed E-state index contributed by atoms with van der Waals surface area (Å²) >= 11 is 0. The van der Waals surface area contributed by atoms with Crippen molar-refractivity contribution in [1.82, 2.24) is 19.5 Å². The zero-order valence-electron chi connectivity index (χ0n) is 13.4. The predicted molar refractivity (Wildman–Crippen MR) is 91.3 cm³/mol. The van der Waals surface area contributed by atoms with E-state index in [4.69, 9.17) is 5.26 Å². The summed E-state index contributed by atoms with van der Waals surface area (Å²) in [5, 5.41) is 13.0. The van der Waals surface area contributed by atoms with E-state index in [-0.39, 0.29) is 4.90 Å². The van der Waals surface area contributed by atoms with Crippen molar-refractivity contribution < 1.29 is 8.42 Å². The SMILES string of the molecule is CC(NS(=O)(=O)c1cccc(C#N)c1)c1ccc(-n2cncn2)cc1. The summed E-state index contributed by atoms with van der Waals surface area (Å²) in [4.78, 5) is 3.96. The maximum atomic E-state index is 12.5. The minimum Gasteiger partial charge on any atom is -0.223 e. The average Bonchev–Trinajstić information content (AvgIpc) is 3.16. The van der Waals surface area contributed by atoms with Crippen LogP contribution in [0.1, 0.15) is 24.1 Å². The lowest BCUT2D eigenvalue weighted by Crippen LogP contribution is -2.27. The lowest BCUT2D eigenvalue weighted by molar-refractivity contribution is 0.567. The van der Waals surface area contributed by atoms with Gasteiger partial charge in [0.1, 0.15) is 12.7 Å². The summed E-state index contributed by atoms with van der Waals surface area (Å²) in [6.07, 6.45) is 3.03. The molecule has 0 bridgehead atoms. The molecule has 0 fully saturated rings. The molecule has 126 valence electrons. The van der Waals surface area contributed by atoms with Gasteiger partial charge in [0.2, 0.25) is 10.0 Å². The number of sulfonamides is 1. The van der Waals surface area contributed by atoms with Crippen LogP contribution in [0.15, 0.2) is 66.1 Å². The topological polar surface area (TPSA) is 101 Å². The molecule has 1 N–H and O–H groups in total. The number of benzene rings is 2. The standard InChI is InChI=1S/C17H15N5O2S/c1-13(15-5-7-16(8-6-15)22-12-19-11-20-22)21-25(23,24)17-4-2-3-14(9-17)10-18/h2-9,11-13,21H,1H3. The van der Waals surface area contributed by atoms with Crippen molar-refractivity contribution in [2.75, 3.05) is 0 Å². The van der Waals surface area contributed by atoms with Crippen LogP contribution in [0.4, 0.5) is 0 Å². The van der Waals surface area contributed by atoms with Crippen molar-refractivity contribution in [2.45, 2.75) is 17.9 Å². The first-order valence-corrected chi connectivity index (χ1v) is 8.95. The smallest absolute Gasteiger partial charge is 0.223 e.